The van der Waals surface area contributed by atoms with Crippen LogP contribution in [0.4, 0.5) is 10.4 Å². The number of halogens is 2. The molecule has 1 saturated heterocycles. The molecule has 6 nitrogen and oxygen atoms in total. The Bertz CT molecular complexity index is 989. The molecular weight excluding hydrogens is 395 g/mol. The summed E-state index contributed by atoms with van der Waals surface area (Å²) in [4.78, 5) is 14.9. The second-order valence-corrected chi connectivity index (χ2v) is 7.32. The molecule has 0 saturated carbocycles. The molecule has 1 unspecified atom stereocenters. The summed E-state index contributed by atoms with van der Waals surface area (Å²) in [5.41, 5.74) is 0.811. The Balaban J connectivity index is 1.63. The van der Waals surface area contributed by atoms with Crippen LogP contribution in [0, 0.1) is 5.82 Å². The molecule has 2 aromatic carbocycles. The van der Waals surface area contributed by atoms with Crippen molar-refractivity contribution < 1.29 is 13.6 Å². The van der Waals surface area contributed by atoms with Crippen LogP contribution < -0.4 is 10.2 Å². The predicted molar refractivity (Wildman–Crippen MR) is 108 cm³/mol. The molecule has 150 valence electrons. The summed E-state index contributed by atoms with van der Waals surface area (Å²) in [5, 5.41) is 11.4. The van der Waals surface area contributed by atoms with Gasteiger partial charge in [-0.25, -0.2) is 4.39 Å². The standard InChI is InChI=1S/C21H20ClFN4O2/c22-17-10-9-15(23)13-16(17)19(28)24-18(14-7-3-1-4-8-14)20-25-26-21(29-20)27-11-5-2-6-12-27/h1,3-4,7-10,13,18H,2,5-6,11-12H2,(H,24,28). The molecule has 1 aliphatic heterocycles. The first-order valence-corrected chi connectivity index (χ1v) is 9.89. The molecule has 1 N–H and O–H groups in total. The van der Waals surface area contributed by atoms with Crippen molar-refractivity contribution in [2.75, 3.05) is 18.0 Å². The van der Waals surface area contributed by atoms with Crippen LogP contribution in [0.2, 0.25) is 5.02 Å². The summed E-state index contributed by atoms with van der Waals surface area (Å²) < 4.78 is 19.5. The van der Waals surface area contributed by atoms with Crippen LogP contribution in [0.25, 0.3) is 0 Å². The number of piperidine rings is 1. The van der Waals surface area contributed by atoms with Crippen LogP contribution >= 0.6 is 11.6 Å². The first-order chi connectivity index (χ1) is 14.1. The zero-order valence-electron chi connectivity index (χ0n) is 15.6. The van der Waals surface area contributed by atoms with Gasteiger partial charge >= 0.3 is 6.01 Å². The van der Waals surface area contributed by atoms with Crippen LogP contribution in [0.3, 0.4) is 0 Å². The Kier molecular flexibility index (Phi) is 5.76. The molecule has 4 rings (SSSR count). The lowest BCUT2D eigenvalue weighted by Gasteiger charge is -2.24. The number of amides is 1. The van der Waals surface area contributed by atoms with Crippen LogP contribution in [-0.4, -0.2) is 29.2 Å². The minimum absolute atomic E-state index is 0.0448. The zero-order chi connectivity index (χ0) is 20.2. The van der Waals surface area contributed by atoms with Gasteiger partial charge in [0, 0.05) is 13.1 Å². The molecule has 1 atom stereocenters. The first-order valence-electron chi connectivity index (χ1n) is 9.51. The largest absolute Gasteiger partial charge is 0.405 e. The van der Waals surface area contributed by atoms with Crippen LogP contribution in [-0.2, 0) is 0 Å². The van der Waals surface area contributed by atoms with Gasteiger partial charge in [0.05, 0.1) is 10.6 Å². The van der Waals surface area contributed by atoms with Crippen molar-refractivity contribution in [3.05, 3.63) is 76.4 Å². The number of rotatable bonds is 5. The molecule has 0 bridgehead atoms. The van der Waals surface area contributed by atoms with Crippen molar-refractivity contribution >= 4 is 23.5 Å². The number of anilines is 1. The van der Waals surface area contributed by atoms with Gasteiger partial charge in [0.2, 0.25) is 5.89 Å². The Labute approximate surface area is 172 Å². The summed E-state index contributed by atoms with van der Waals surface area (Å²) in [5.74, 6) is -0.806. The average molecular weight is 415 g/mol. The van der Waals surface area contributed by atoms with E-state index in [1.54, 1.807) is 0 Å². The summed E-state index contributed by atoms with van der Waals surface area (Å²) >= 11 is 6.09. The third-order valence-electron chi connectivity index (χ3n) is 4.88. The Hall–Kier alpha value is -2.93. The van der Waals surface area contributed by atoms with E-state index >= 15 is 0 Å². The van der Waals surface area contributed by atoms with E-state index in [-0.39, 0.29) is 16.5 Å². The third kappa shape index (κ3) is 4.40. The number of hydrogen-bond acceptors (Lipinski definition) is 5. The maximum absolute atomic E-state index is 13.6. The van der Waals surface area contributed by atoms with Crippen molar-refractivity contribution in [3.8, 4) is 0 Å². The van der Waals surface area contributed by atoms with E-state index < -0.39 is 17.8 Å². The van der Waals surface area contributed by atoms with Crippen molar-refractivity contribution in [3.63, 3.8) is 0 Å². The van der Waals surface area contributed by atoms with E-state index in [4.69, 9.17) is 16.0 Å². The topological polar surface area (TPSA) is 71.3 Å². The minimum Gasteiger partial charge on any atom is -0.405 e. The number of aromatic nitrogens is 2. The minimum atomic E-state index is -0.686. The molecule has 1 aromatic heterocycles. The van der Waals surface area contributed by atoms with Gasteiger partial charge in [0.15, 0.2) is 0 Å². The molecule has 1 aliphatic rings. The van der Waals surface area contributed by atoms with Crippen molar-refractivity contribution in [1.82, 2.24) is 15.5 Å². The number of nitrogens with one attached hydrogen (secondary N) is 1. The van der Waals surface area contributed by atoms with Gasteiger partial charge in [-0.15, -0.1) is 5.10 Å². The van der Waals surface area contributed by atoms with E-state index in [2.05, 4.69) is 15.5 Å². The van der Waals surface area contributed by atoms with Gasteiger partial charge in [-0.05, 0) is 43.0 Å². The summed E-state index contributed by atoms with van der Waals surface area (Å²) in [6, 6.07) is 12.7. The normalized spacial score (nSPS) is 15.2. The van der Waals surface area contributed by atoms with Crippen molar-refractivity contribution in [1.29, 1.82) is 0 Å². The average Bonchev–Trinajstić information content (AvgIpc) is 3.25. The summed E-state index contributed by atoms with van der Waals surface area (Å²) in [7, 11) is 0. The second kappa shape index (κ2) is 8.61. The van der Waals surface area contributed by atoms with Crippen LogP contribution in [0.1, 0.15) is 47.1 Å². The summed E-state index contributed by atoms with van der Waals surface area (Å²) in [6.07, 6.45) is 3.35. The highest BCUT2D eigenvalue weighted by Crippen LogP contribution is 2.26. The number of carbonyl (C=O) groups excluding carboxylic acids is 1. The van der Waals surface area contributed by atoms with E-state index in [1.807, 2.05) is 35.2 Å². The SMILES string of the molecule is O=C(NC(c1ccccc1)c1nnc(N2CCCCC2)o1)c1cc(F)ccc1Cl. The van der Waals surface area contributed by atoms with Crippen LogP contribution in [0.15, 0.2) is 52.9 Å². The molecular formula is C21H20ClFN4O2. The second-order valence-electron chi connectivity index (χ2n) is 6.91. The Morgan fingerprint density at radius 1 is 1.10 bits per heavy atom. The smallest absolute Gasteiger partial charge is 0.318 e. The molecule has 0 aliphatic carbocycles. The molecule has 29 heavy (non-hydrogen) atoms. The lowest BCUT2D eigenvalue weighted by Crippen LogP contribution is -2.30. The highest BCUT2D eigenvalue weighted by molar-refractivity contribution is 6.33. The first kappa shape index (κ1) is 19.4. The number of carbonyl (C=O) groups is 1. The zero-order valence-corrected chi connectivity index (χ0v) is 16.4. The molecule has 8 heteroatoms. The molecule has 0 spiro atoms. The van der Waals surface area contributed by atoms with E-state index in [0.29, 0.717) is 6.01 Å². The van der Waals surface area contributed by atoms with Gasteiger partial charge in [-0.3, -0.25) is 4.79 Å². The monoisotopic (exact) mass is 414 g/mol. The number of hydrogen-bond donors (Lipinski definition) is 1. The van der Waals surface area contributed by atoms with Crippen LogP contribution in [0.5, 0.6) is 0 Å². The Morgan fingerprint density at radius 2 is 1.86 bits per heavy atom. The van der Waals surface area contributed by atoms with Crippen molar-refractivity contribution in [2.45, 2.75) is 25.3 Å². The Morgan fingerprint density at radius 3 is 2.62 bits per heavy atom. The lowest BCUT2D eigenvalue weighted by atomic mass is 10.1. The third-order valence-corrected chi connectivity index (χ3v) is 5.21. The predicted octanol–water partition coefficient (Wildman–Crippen LogP) is 4.37. The van der Waals surface area contributed by atoms with Gasteiger partial charge < -0.3 is 14.6 Å². The number of benzene rings is 2. The van der Waals surface area contributed by atoms with E-state index in [1.165, 1.54) is 18.6 Å². The lowest BCUT2D eigenvalue weighted by molar-refractivity contribution is 0.0937. The summed E-state index contributed by atoms with van der Waals surface area (Å²) in [6.45, 7) is 1.73. The van der Waals surface area contributed by atoms with Gasteiger partial charge in [0.25, 0.3) is 5.91 Å². The molecule has 2 heterocycles. The highest BCUT2D eigenvalue weighted by Gasteiger charge is 2.26. The molecule has 1 fully saturated rings. The fraction of sp³-hybridized carbons (Fsp3) is 0.286. The fourth-order valence-electron chi connectivity index (χ4n) is 3.37. The fourth-order valence-corrected chi connectivity index (χ4v) is 3.57. The van der Waals surface area contributed by atoms with Gasteiger partial charge in [-0.1, -0.05) is 47.0 Å². The van der Waals surface area contributed by atoms with Gasteiger partial charge in [0.1, 0.15) is 11.9 Å². The highest BCUT2D eigenvalue weighted by atomic mass is 35.5. The number of nitrogens with zero attached hydrogens (tertiary/aromatic N) is 3. The molecule has 1 amide bonds. The van der Waals surface area contributed by atoms with Gasteiger partial charge in [-0.2, -0.15) is 0 Å². The van der Waals surface area contributed by atoms with E-state index in [0.717, 1.165) is 37.6 Å². The molecule has 0 radical (unpaired) electrons. The van der Waals surface area contributed by atoms with Crippen molar-refractivity contribution in [2.24, 2.45) is 0 Å². The quantitative estimate of drug-likeness (QED) is 0.671. The maximum Gasteiger partial charge on any atom is 0.318 e. The molecule has 3 aromatic rings. The van der Waals surface area contributed by atoms with E-state index in [9.17, 15) is 9.18 Å². The maximum atomic E-state index is 13.6.